The Bertz CT molecular complexity index is 368. The van der Waals surface area contributed by atoms with Gasteiger partial charge in [0, 0.05) is 12.5 Å². The zero-order chi connectivity index (χ0) is 9.84. The molecule has 13 heavy (non-hydrogen) atoms. The lowest BCUT2D eigenvalue weighted by molar-refractivity contribution is -0.117. The Morgan fingerprint density at radius 2 is 2.23 bits per heavy atom. The first kappa shape index (κ1) is 9.64. The number of aryl methyl sites for hydroxylation is 2. The number of Topliss-reactive ketones (excluding diaryl/α,β-unsaturated/α-hetero) is 1. The van der Waals surface area contributed by atoms with E-state index >= 15 is 0 Å². The van der Waals surface area contributed by atoms with Crippen LogP contribution in [-0.2, 0) is 11.3 Å². The Morgan fingerprint density at radius 1 is 1.54 bits per heavy atom. The van der Waals surface area contributed by atoms with Gasteiger partial charge in [-0.1, -0.05) is 0 Å². The van der Waals surface area contributed by atoms with Gasteiger partial charge in [0.1, 0.15) is 5.78 Å². The van der Waals surface area contributed by atoms with Crippen LogP contribution in [-0.4, -0.2) is 15.6 Å². The van der Waals surface area contributed by atoms with Gasteiger partial charge in [-0.15, -0.1) is 0 Å². The Hall–Kier alpha value is -1.45. The fourth-order valence-corrected chi connectivity index (χ4v) is 0.974. The Morgan fingerprint density at radius 3 is 2.85 bits per heavy atom. The number of ketones is 1. The van der Waals surface area contributed by atoms with E-state index < -0.39 is 0 Å². The summed E-state index contributed by atoms with van der Waals surface area (Å²) in [5.74, 6) is 0.0650. The van der Waals surface area contributed by atoms with E-state index in [0.29, 0.717) is 13.0 Å². The average molecular weight is 180 g/mol. The normalized spacial score (nSPS) is 10.0. The summed E-state index contributed by atoms with van der Waals surface area (Å²) >= 11 is 0. The predicted molar refractivity (Wildman–Crippen MR) is 48.5 cm³/mol. The van der Waals surface area contributed by atoms with Gasteiger partial charge < -0.3 is 0 Å². The fraction of sp³-hybridized carbons (Fsp3) is 0.444. The summed E-state index contributed by atoms with van der Waals surface area (Å²) in [6.45, 7) is 3.68. The van der Waals surface area contributed by atoms with Crippen molar-refractivity contribution in [3.8, 4) is 0 Å². The lowest BCUT2D eigenvalue weighted by Crippen LogP contribution is -2.23. The van der Waals surface area contributed by atoms with E-state index in [2.05, 4.69) is 5.10 Å². The maximum atomic E-state index is 11.2. The molecule has 0 unspecified atom stereocenters. The Labute approximate surface area is 76.2 Å². The van der Waals surface area contributed by atoms with Gasteiger partial charge in [0.2, 0.25) is 0 Å². The van der Waals surface area contributed by atoms with Gasteiger partial charge in [0.25, 0.3) is 5.56 Å². The van der Waals surface area contributed by atoms with Crippen LogP contribution in [0.2, 0.25) is 0 Å². The van der Waals surface area contributed by atoms with Crippen molar-refractivity contribution in [2.24, 2.45) is 0 Å². The lowest BCUT2D eigenvalue weighted by Gasteiger charge is -2.02. The third kappa shape index (κ3) is 2.82. The van der Waals surface area contributed by atoms with E-state index in [1.54, 1.807) is 6.07 Å². The molecule has 0 atom stereocenters. The Kier molecular flexibility index (Phi) is 2.95. The zero-order valence-corrected chi connectivity index (χ0v) is 7.78. The van der Waals surface area contributed by atoms with Gasteiger partial charge in [-0.05, 0) is 19.9 Å². The molecule has 0 spiro atoms. The van der Waals surface area contributed by atoms with Crippen molar-refractivity contribution in [1.29, 1.82) is 0 Å². The minimum Gasteiger partial charge on any atom is -0.300 e. The summed E-state index contributed by atoms with van der Waals surface area (Å²) in [5.41, 5.74) is 0.620. The van der Waals surface area contributed by atoms with Gasteiger partial charge in [-0.25, -0.2) is 4.68 Å². The molecule has 0 fully saturated rings. The highest BCUT2D eigenvalue weighted by Gasteiger charge is 1.99. The number of hydrogen-bond acceptors (Lipinski definition) is 3. The molecule has 0 aliphatic heterocycles. The number of rotatable bonds is 3. The van der Waals surface area contributed by atoms with Gasteiger partial charge in [-0.3, -0.25) is 9.59 Å². The first-order valence-corrected chi connectivity index (χ1v) is 4.14. The quantitative estimate of drug-likeness (QED) is 0.681. The van der Waals surface area contributed by atoms with Crippen LogP contribution in [0.5, 0.6) is 0 Å². The number of nitrogens with zero attached hydrogens (tertiary/aromatic N) is 2. The second-order valence-electron chi connectivity index (χ2n) is 2.99. The zero-order valence-electron chi connectivity index (χ0n) is 7.78. The van der Waals surface area contributed by atoms with Crippen molar-refractivity contribution in [1.82, 2.24) is 9.78 Å². The summed E-state index contributed by atoms with van der Waals surface area (Å²) in [4.78, 5) is 21.8. The maximum absolute atomic E-state index is 11.2. The average Bonchev–Trinajstić information content (AvgIpc) is 2.06. The minimum atomic E-state index is -0.160. The number of aromatic nitrogens is 2. The standard InChI is InChI=1S/C9H12N2O2/c1-7-3-4-9(13)11(10-7)6-5-8(2)12/h3-4H,5-6H2,1-2H3. The van der Waals surface area contributed by atoms with Crippen LogP contribution in [0.15, 0.2) is 16.9 Å². The summed E-state index contributed by atoms with van der Waals surface area (Å²) < 4.78 is 1.32. The van der Waals surface area contributed by atoms with E-state index in [1.807, 2.05) is 6.92 Å². The molecule has 1 aromatic heterocycles. The second kappa shape index (κ2) is 3.98. The molecule has 1 heterocycles. The summed E-state index contributed by atoms with van der Waals surface area (Å²) in [7, 11) is 0. The fourth-order valence-electron chi connectivity index (χ4n) is 0.974. The van der Waals surface area contributed by atoms with E-state index in [-0.39, 0.29) is 11.3 Å². The third-order valence-electron chi connectivity index (χ3n) is 1.68. The molecule has 0 bridgehead atoms. The van der Waals surface area contributed by atoms with Crippen LogP contribution < -0.4 is 5.56 Å². The third-order valence-corrected chi connectivity index (χ3v) is 1.68. The van der Waals surface area contributed by atoms with Gasteiger partial charge in [-0.2, -0.15) is 5.10 Å². The number of hydrogen-bond donors (Lipinski definition) is 0. The molecule has 0 saturated heterocycles. The monoisotopic (exact) mass is 180 g/mol. The highest BCUT2D eigenvalue weighted by Crippen LogP contribution is 1.89. The first-order valence-electron chi connectivity index (χ1n) is 4.14. The van der Waals surface area contributed by atoms with Crippen molar-refractivity contribution in [2.75, 3.05) is 0 Å². The van der Waals surface area contributed by atoms with Crippen LogP contribution in [0.4, 0.5) is 0 Å². The van der Waals surface area contributed by atoms with Crippen LogP contribution in [0, 0.1) is 6.92 Å². The van der Waals surface area contributed by atoms with Crippen LogP contribution in [0.25, 0.3) is 0 Å². The molecule has 70 valence electrons. The van der Waals surface area contributed by atoms with E-state index in [0.717, 1.165) is 5.69 Å². The molecular weight excluding hydrogens is 168 g/mol. The SMILES string of the molecule is CC(=O)CCn1nc(C)ccc1=O. The molecule has 0 aliphatic carbocycles. The highest BCUT2D eigenvalue weighted by atomic mass is 16.1. The molecule has 0 radical (unpaired) electrons. The molecule has 0 aromatic carbocycles. The van der Waals surface area contributed by atoms with E-state index in [9.17, 15) is 9.59 Å². The smallest absolute Gasteiger partial charge is 0.266 e. The topological polar surface area (TPSA) is 52.0 Å². The van der Waals surface area contributed by atoms with Crippen molar-refractivity contribution in [3.05, 3.63) is 28.2 Å². The first-order chi connectivity index (χ1) is 6.09. The molecule has 0 N–H and O–H groups in total. The second-order valence-corrected chi connectivity index (χ2v) is 2.99. The van der Waals surface area contributed by atoms with Crippen molar-refractivity contribution >= 4 is 5.78 Å². The molecule has 0 amide bonds. The largest absolute Gasteiger partial charge is 0.300 e. The summed E-state index contributed by atoms with van der Waals surface area (Å²) in [5, 5.41) is 4.00. The van der Waals surface area contributed by atoms with Crippen LogP contribution in [0.3, 0.4) is 0 Å². The van der Waals surface area contributed by atoms with E-state index in [4.69, 9.17) is 0 Å². The molecule has 0 aliphatic rings. The number of carbonyl (C=O) groups excluding carboxylic acids is 1. The highest BCUT2D eigenvalue weighted by molar-refractivity contribution is 5.75. The van der Waals surface area contributed by atoms with Gasteiger partial charge >= 0.3 is 0 Å². The van der Waals surface area contributed by atoms with Crippen LogP contribution in [0.1, 0.15) is 19.0 Å². The minimum absolute atomic E-state index is 0.0650. The van der Waals surface area contributed by atoms with Crippen LogP contribution >= 0.6 is 0 Å². The van der Waals surface area contributed by atoms with Gasteiger partial charge in [0.05, 0.1) is 12.2 Å². The molecule has 4 heteroatoms. The van der Waals surface area contributed by atoms with Crippen molar-refractivity contribution in [3.63, 3.8) is 0 Å². The van der Waals surface area contributed by atoms with Crippen molar-refractivity contribution < 1.29 is 4.79 Å². The lowest BCUT2D eigenvalue weighted by atomic mass is 10.3. The predicted octanol–water partition coefficient (Wildman–Crippen LogP) is 0.531. The summed E-state index contributed by atoms with van der Waals surface area (Å²) in [6, 6.07) is 3.12. The molecule has 1 rings (SSSR count). The molecule has 1 aromatic rings. The summed E-state index contributed by atoms with van der Waals surface area (Å²) in [6.07, 6.45) is 0.357. The Balaban J connectivity index is 2.82. The van der Waals surface area contributed by atoms with Gasteiger partial charge in [0.15, 0.2) is 0 Å². The maximum Gasteiger partial charge on any atom is 0.266 e. The van der Waals surface area contributed by atoms with Crippen molar-refractivity contribution in [2.45, 2.75) is 26.8 Å². The molecule has 4 nitrogen and oxygen atoms in total. The molecular formula is C9H12N2O2. The van der Waals surface area contributed by atoms with E-state index in [1.165, 1.54) is 17.7 Å². The number of carbonyl (C=O) groups is 1. The molecule has 0 saturated carbocycles.